The molecule has 2 heterocycles. The molecule has 0 atom stereocenters. The standard InChI is InChI=1S/C26H23N4O.Pt/c1-30-15-14-27-26(30)23-22-13-6-5-10-19(22)16-20(24(23)31)11-7-12-21-17-28-25(29-21)18-8-3-2-4-9-18;/h2-6,8,10,13-17,31H,7,11-12H2,1H3,(H,28,29);/q-1;. The van der Waals surface area contributed by atoms with Crippen LogP contribution in [0.2, 0.25) is 0 Å². The van der Waals surface area contributed by atoms with Crippen LogP contribution in [-0.4, -0.2) is 24.6 Å². The van der Waals surface area contributed by atoms with Gasteiger partial charge in [-0.1, -0.05) is 24.3 Å². The molecule has 3 aromatic carbocycles. The van der Waals surface area contributed by atoms with Crippen LogP contribution in [0.25, 0.3) is 33.5 Å². The number of aromatic amines is 1. The van der Waals surface area contributed by atoms with Gasteiger partial charge in [-0.2, -0.15) is 0 Å². The molecule has 0 bridgehead atoms. The van der Waals surface area contributed by atoms with E-state index in [1.165, 1.54) is 0 Å². The van der Waals surface area contributed by atoms with Crippen molar-refractivity contribution in [1.82, 2.24) is 19.5 Å². The monoisotopic (exact) mass is 602 g/mol. The Hall–Kier alpha value is -3.17. The Morgan fingerprint density at radius 1 is 1.09 bits per heavy atom. The average molecular weight is 603 g/mol. The SMILES string of the molecule is Cn1ccnc1-c1c(O)c(CCCc2c[nH]c(-c3[c-]cccc3)n2)cc2ccccc12.[Pt]. The van der Waals surface area contributed by atoms with Gasteiger partial charge < -0.3 is 14.7 Å². The van der Waals surface area contributed by atoms with Crippen LogP contribution in [0.3, 0.4) is 0 Å². The summed E-state index contributed by atoms with van der Waals surface area (Å²) in [6.07, 6.45) is 8.08. The summed E-state index contributed by atoms with van der Waals surface area (Å²) >= 11 is 0. The minimum absolute atomic E-state index is 0. The quantitative estimate of drug-likeness (QED) is 0.259. The number of aromatic nitrogens is 4. The predicted molar refractivity (Wildman–Crippen MR) is 123 cm³/mol. The summed E-state index contributed by atoms with van der Waals surface area (Å²) in [5.41, 5.74) is 3.70. The number of benzene rings is 3. The van der Waals surface area contributed by atoms with Gasteiger partial charge in [0, 0.05) is 52.4 Å². The third-order valence-corrected chi connectivity index (χ3v) is 5.62. The van der Waals surface area contributed by atoms with Gasteiger partial charge >= 0.3 is 0 Å². The Balaban J connectivity index is 0.00000245. The predicted octanol–water partition coefficient (Wildman–Crippen LogP) is 5.31. The Kier molecular flexibility index (Phi) is 6.57. The minimum atomic E-state index is 0. The van der Waals surface area contributed by atoms with Gasteiger partial charge in [0.25, 0.3) is 0 Å². The zero-order valence-corrected chi connectivity index (χ0v) is 19.9. The first-order valence-corrected chi connectivity index (χ1v) is 10.4. The minimum Gasteiger partial charge on any atom is -0.507 e. The number of phenolic OH excluding ortho intramolecular Hbond substituents is 1. The molecule has 0 aliphatic carbocycles. The summed E-state index contributed by atoms with van der Waals surface area (Å²) in [5.74, 6) is 1.92. The van der Waals surface area contributed by atoms with Crippen molar-refractivity contribution in [3.8, 4) is 28.5 Å². The Bertz CT molecular complexity index is 1340. The molecule has 0 saturated heterocycles. The molecule has 2 aromatic heterocycles. The van der Waals surface area contributed by atoms with Crippen molar-refractivity contribution in [3.05, 3.63) is 90.5 Å². The fourth-order valence-electron chi connectivity index (χ4n) is 4.04. The number of hydrogen-bond acceptors (Lipinski definition) is 3. The van der Waals surface area contributed by atoms with Gasteiger partial charge in [0.15, 0.2) is 0 Å². The Morgan fingerprint density at radius 2 is 1.94 bits per heavy atom. The number of rotatable bonds is 6. The number of imidazole rings is 2. The second-order valence-electron chi connectivity index (χ2n) is 7.71. The number of nitrogens with zero attached hydrogens (tertiary/aromatic N) is 3. The van der Waals surface area contributed by atoms with Crippen LogP contribution in [0.4, 0.5) is 0 Å². The molecule has 5 aromatic rings. The van der Waals surface area contributed by atoms with Crippen molar-refractivity contribution in [1.29, 1.82) is 0 Å². The van der Waals surface area contributed by atoms with E-state index in [1.54, 1.807) is 6.20 Å². The summed E-state index contributed by atoms with van der Waals surface area (Å²) in [5, 5.41) is 13.3. The summed E-state index contributed by atoms with van der Waals surface area (Å²) in [7, 11) is 1.95. The number of aryl methyl sites for hydroxylation is 3. The van der Waals surface area contributed by atoms with Gasteiger partial charge in [0.1, 0.15) is 11.6 Å². The van der Waals surface area contributed by atoms with Crippen LogP contribution in [0.15, 0.2) is 73.2 Å². The van der Waals surface area contributed by atoms with Crippen LogP contribution < -0.4 is 0 Å². The molecule has 0 spiro atoms. The molecule has 0 unspecified atom stereocenters. The van der Waals surface area contributed by atoms with Gasteiger partial charge in [-0.05, 0) is 41.7 Å². The zero-order chi connectivity index (χ0) is 21.2. The Labute approximate surface area is 201 Å². The van der Waals surface area contributed by atoms with Crippen LogP contribution in [0, 0.1) is 6.07 Å². The number of nitrogens with one attached hydrogen (secondary N) is 1. The van der Waals surface area contributed by atoms with Crippen LogP contribution in [0.5, 0.6) is 5.75 Å². The van der Waals surface area contributed by atoms with E-state index >= 15 is 0 Å². The molecular formula is C26H23N4OPt-. The molecule has 5 nitrogen and oxygen atoms in total. The summed E-state index contributed by atoms with van der Waals surface area (Å²) in [6.45, 7) is 0. The molecule has 0 amide bonds. The zero-order valence-electron chi connectivity index (χ0n) is 17.7. The van der Waals surface area contributed by atoms with Crippen molar-refractivity contribution in [2.45, 2.75) is 19.3 Å². The van der Waals surface area contributed by atoms with Gasteiger partial charge in [-0.3, -0.25) is 4.98 Å². The second kappa shape index (κ2) is 9.54. The third-order valence-electron chi connectivity index (χ3n) is 5.62. The average Bonchev–Trinajstić information content (AvgIpc) is 3.44. The maximum atomic E-state index is 11.2. The van der Waals surface area contributed by atoms with Crippen LogP contribution in [0.1, 0.15) is 17.7 Å². The van der Waals surface area contributed by atoms with Crippen molar-refractivity contribution < 1.29 is 26.2 Å². The number of aromatic hydroxyl groups is 1. The molecule has 164 valence electrons. The van der Waals surface area contributed by atoms with Crippen LogP contribution >= 0.6 is 0 Å². The molecule has 0 aliphatic rings. The summed E-state index contributed by atoms with van der Waals surface area (Å²) in [4.78, 5) is 12.4. The van der Waals surface area contributed by atoms with E-state index in [9.17, 15) is 5.11 Å². The van der Waals surface area contributed by atoms with Gasteiger partial charge in [-0.25, -0.2) is 4.98 Å². The van der Waals surface area contributed by atoms with Gasteiger partial charge in [-0.15, -0.1) is 35.9 Å². The first-order chi connectivity index (χ1) is 15.2. The fourth-order valence-corrected chi connectivity index (χ4v) is 4.04. The molecule has 0 radical (unpaired) electrons. The fraction of sp³-hybridized carbons (Fsp3) is 0.154. The molecular weight excluding hydrogens is 579 g/mol. The van der Waals surface area contributed by atoms with E-state index in [1.807, 2.05) is 66.5 Å². The molecule has 0 saturated carbocycles. The van der Waals surface area contributed by atoms with E-state index in [-0.39, 0.29) is 21.1 Å². The van der Waals surface area contributed by atoms with Crippen molar-refractivity contribution >= 4 is 10.8 Å². The molecule has 5 rings (SSSR count). The van der Waals surface area contributed by atoms with Crippen molar-refractivity contribution in [2.75, 3.05) is 0 Å². The van der Waals surface area contributed by atoms with Crippen LogP contribution in [-0.2, 0) is 41.0 Å². The number of hydrogen-bond donors (Lipinski definition) is 2. The van der Waals surface area contributed by atoms with E-state index in [4.69, 9.17) is 4.98 Å². The topological polar surface area (TPSA) is 66.7 Å². The van der Waals surface area contributed by atoms with E-state index in [0.29, 0.717) is 5.75 Å². The number of H-pyrrole nitrogens is 1. The summed E-state index contributed by atoms with van der Waals surface area (Å²) < 4.78 is 1.94. The molecule has 32 heavy (non-hydrogen) atoms. The summed E-state index contributed by atoms with van der Waals surface area (Å²) in [6, 6.07) is 21.2. The number of fused-ring (bicyclic) bond motifs is 1. The maximum Gasteiger partial charge on any atom is 0.144 e. The normalized spacial score (nSPS) is 10.9. The van der Waals surface area contributed by atoms with E-state index in [0.717, 1.165) is 64.1 Å². The van der Waals surface area contributed by atoms with Crippen molar-refractivity contribution in [3.63, 3.8) is 0 Å². The Morgan fingerprint density at radius 3 is 2.72 bits per heavy atom. The second-order valence-corrected chi connectivity index (χ2v) is 7.71. The molecule has 0 aliphatic heterocycles. The molecule has 6 heteroatoms. The van der Waals surface area contributed by atoms with Gasteiger partial charge in [0.2, 0.25) is 0 Å². The van der Waals surface area contributed by atoms with E-state index in [2.05, 4.69) is 28.2 Å². The first kappa shape index (κ1) is 22.0. The largest absolute Gasteiger partial charge is 0.507 e. The maximum absolute atomic E-state index is 11.2. The molecule has 2 N–H and O–H groups in total. The van der Waals surface area contributed by atoms with Crippen molar-refractivity contribution in [2.24, 2.45) is 7.05 Å². The third kappa shape index (κ3) is 4.26. The smallest absolute Gasteiger partial charge is 0.144 e. The first-order valence-electron chi connectivity index (χ1n) is 10.4. The van der Waals surface area contributed by atoms with E-state index < -0.39 is 0 Å². The number of phenols is 1. The molecule has 0 fully saturated rings. The van der Waals surface area contributed by atoms with Gasteiger partial charge in [0.05, 0.1) is 11.4 Å².